The first-order valence-electron chi connectivity index (χ1n) is 6.51. The van der Waals surface area contributed by atoms with Gasteiger partial charge in [-0.05, 0) is 30.2 Å². The van der Waals surface area contributed by atoms with Gasteiger partial charge in [0.15, 0.2) is 0 Å². The van der Waals surface area contributed by atoms with Gasteiger partial charge in [-0.1, -0.05) is 0 Å². The number of aliphatic hydroxyl groups excluding tert-OH is 1. The van der Waals surface area contributed by atoms with E-state index in [0.29, 0.717) is 24.4 Å². The maximum Gasteiger partial charge on any atom is 0.251 e. The third-order valence-corrected chi connectivity index (χ3v) is 3.70. The van der Waals surface area contributed by atoms with Crippen LogP contribution < -0.4 is 10.2 Å². The topological polar surface area (TPSA) is 69.6 Å². The molecule has 0 radical (unpaired) electrons. The average Bonchev–Trinajstić information content (AvgIpc) is 2.86. The lowest BCUT2D eigenvalue weighted by Crippen LogP contribution is -2.27. The minimum absolute atomic E-state index is 0.0631. The van der Waals surface area contributed by atoms with Crippen molar-refractivity contribution in [2.24, 2.45) is 5.92 Å². The molecule has 1 aliphatic rings. The molecule has 1 saturated heterocycles. The number of nitrogens with one attached hydrogen (secondary N) is 1. The summed E-state index contributed by atoms with van der Waals surface area (Å²) in [6.45, 7) is 0.757. The second-order valence-electron chi connectivity index (χ2n) is 4.76. The molecule has 5 nitrogen and oxygen atoms in total. The molecule has 1 aromatic rings. The Morgan fingerprint density at radius 1 is 1.40 bits per heavy atom. The molecular weight excluding hydrogens is 280 g/mol. The highest BCUT2D eigenvalue weighted by Gasteiger charge is 2.29. The van der Waals surface area contributed by atoms with Gasteiger partial charge in [0.25, 0.3) is 5.91 Å². The second kappa shape index (κ2) is 6.72. The molecule has 20 heavy (non-hydrogen) atoms. The number of benzene rings is 1. The Hall–Kier alpha value is -1.59. The fourth-order valence-electron chi connectivity index (χ4n) is 2.20. The molecule has 0 aliphatic carbocycles. The summed E-state index contributed by atoms with van der Waals surface area (Å²) < 4.78 is 0. The zero-order chi connectivity index (χ0) is 14.5. The zero-order valence-corrected chi connectivity index (χ0v) is 11.8. The summed E-state index contributed by atoms with van der Waals surface area (Å²) in [5, 5.41) is 11.2. The van der Waals surface area contributed by atoms with Gasteiger partial charge in [-0.25, -0.2) is 0 Å². The predicted molar refractivity (Wildman–Crippen MR) is 77.0 cm³/mol. The Kier molecular flexibility index (Phi) is 4.98. The van der Waals surface area contributed by atoms with Crippen LogP contribution in [0.5, 0.6) is 0 Å². The van der Waals surface area contributed by atoms with Crippen LogP contribution in [0.1, 0.15) is 16.8 Å². The van der Waals surface area contributed by atoms with E-state index < -0.39 is 0 Å². The van der Waals surface area contributed by atoms with Gasteiger partial charge in [-0.3, -0.25) is 9.59 Å². The molecule has 0 saturated carbocycles. The van der Waals surface area contributed by atoms with Crippen molar-refractivity contribution < 1.29 is 14.7 Å². The Balaban J connectivity index is 2.05. The first-order valence-corrected chi connectivity index (χ1v) is 7.04. The number of carbonyl (C=O) groups excluding carboxylic acids is 2. The number of halogens is 1. The summed E-state index contributed by atoms with van der Waals surface area (Å²) in [7, 11) is 0. The third kappa shape index (κ3) is 3.29. The van der Waals surface area contributed by atoms with Crippen LogP contribution in [-0.4, -0.2) is 42.5 Å². The fourth-order valence-corrected chi connectivity index (χ4v) is 2.41. The SMILES string of the molecule is O=C(NCCO)c1ccc(N2CC(CCl)CC2=O)cc1. The van der Waals surface area contributed by atoms with E-state index >= 15 is 0 Å². The van der Waals surface area contributed by atoms with Crippen LogP contribution >= 0.6 is 11.6 Å². The Morgan fingerprint density at radius 3 is 2.65 bits per heavy atom. The molecule has 2 rings (SSSR count). The molecule has 1 atom stereocenters. The summed E-state index contributed by atoms with van der Waals surface area (Å²) in [5.41, 5.74) is 1.28. The van der Waals surface area contributed by atoms with Crippen LogP contribution in [0.3, 0.4) is 0 Å². The minimum Gasteiger partial charge on any atom is -0.395 e. The maximum absolute atomic E-state index is 11.9. The van der Waals surface area contributed by atoms with Crippen LogP contribution in [0.2, 0.25) is 0 Å². The van der Waals surface area contributed by atoms with Gasteiger partial charge in [-0.15, -0.1) is 11.6 Å². The number of aliphatic hydroxyl groups is 1. The molecule has 2 amide bonds. The third-order valence-electron chi connectivity index (χ3n) is 3.26. The Labute approximate surface area is 122 Å². The number of amides is 2. The molecule has 2 N–H and O–H groups in total. The molecule has 0 bridgehead atoms. The molecule has 1 aromatic carbocycles. The van der Waals surface area contributed by atoms with Crippen molar-refractivity contribution in [3.8, 4) is 0 Å². The molecule has 0 aromatic heterocycles. The standard InChI is InChI=1S/C14H17ClN2O3/c15-8-10-7-13(19)17(9-10)12-3-1-11(2-4-12)14(20)16-5-6-18/h1-4,10,18H,5-9H2,(H,16,20). The molecular formula is C14H17ClN2O3. The fraction of sp³-hybridized carbons (Fsp3) is 0.429. The van der Waals surface area contributed by atoms with Crippen molar-refractivity contribution in [1.82, 2.24) is 5.32 Å². The van der Waals surface area contributed by atoms with Crippen LogP contribution in [0, 0.1) is 5.92 Å². The predicted octanol–water partition coefficient (Wildman–Crippen LogP) is 1.00. The van der Waals surface area contributed by atoms with Gasteiger partial charge >= 0.3 is 0 Å². The Morgan fingerprint density at radius 2 is 2.10 bits per heavy atom. The minimum atomic E-state index is -0.239. The quantitative estimate of drug-likeness (QED) is 0.797. The van der Waals surface area contributed by atoms with Crippen molar-refractivity contribution in [3.63, 3.8) is 0 Å². The monoisotopic (exact) mass is 296 g/mol. The van der Waals surface area contributed by atoms with Crippen molar-refractivity contribution in [3.05, 3.63) is 29.8 Å². The van der Waals surface area contributed by atoms with Gasteiger partial charge in [-0.2, -0.15) is 0 Å². The van der Waals surface area contributed by atoms with Gasteiger partial charge in [0, 0.05) is 36.6 Å². The molecule has 0 spiro atoms. The van der Waals surface area contributed by atoms with Gasteiger partial charge in [0.2, 0.25) is 5.91 Å². The smallest absolute Gasteiger partial charge is 0.251 e. The first kappa shape index (κ1) is 14.8. The van der Waals surface area contributed by atoms with Crippen LogP contribution in [0.25, 0.3) is 0 Å². The van der Waals surface area contributed by atoms with E-state index in [4.69, 9.17) is 16.7 Å². The Bertz CT molecular complexity index is 490. The number of rotatable bonds is 5. The van der Waals surface area contributed by atoms with Crippen molar-refractivity contribution in [2.45, 2.75) is 6.42 Å². The lowest BCUT2D eigenvalue weighted by molar-refractivity contribution is -0.117. The lowest BCUT2D eigenvalue weighted by Gasteiger charge is -2.16. The molecule has 1 heterocycles. The lowest BCUT2D eigenvalue weighted by atomic mass is 10.1. The number of hydrogen-bond donors (Lipinski definition) is 2. The first-order chi connectivity index (χ1) is 9.65. The molecule has 6 heteroatoms. The maximum atomic E-state index is 11.9. The average molecular weight is 297 g/mol. The van der Waals surface area contributed by atoms with Crippen LogP contribution in [-0.2, 0) is 4.79 Å². The van der Waals surface area contributed by atoms with Crippen LogP contribution in [0.15, 0.2) is 24.3 Å². The number of carbonyl (C=O) groups is 2. The van der Waals surface area contributed by atoms with Gasteiger partial charge < -0.3 is 15.3 Å². The highest BCUT2D eigenvalue weighted by molar-refractivity contribution is 6.18. The van der Waals surface area contributed by atoms with E-state index in [9.17, 15) is 9.59 Å². The van der Waals surface area contributed by atoms with E-state index in [1.54, 1.807) is 29.2 Å². The summed E-state index contributed by atoms with van der Waals surface area (Å²) in [6.07, 6.45) is 0.474. The van der Waals surface area contributed by atoms with Gasteiger partial charge in [0.05, 0.1) is 6.61 Å². The molecule has 108 valence electrons. The largest absolute Gasteiger partial charge is 0.395 e. The zero-order valence-electron chi connectivity index (χ0n) is 11.0. The summed E-state index contributed by atoms with van der Waals surface area (Å²) in [4.78, 5) is 25.2. The molecule has 1 unspecified atom stereocenters. The van der Waals surface area contributed by atoms with Gasteiger partial charge in [0.1, 0.15) is 0 Å². The van der Waals surface area contributed by atoms with E-state index in [-0.39, 0.29) is 30.9 Å². The summed E-state index contributed by atoms with van der Waals surface area (Å²) >= 11 is 5.79. The second-order valence-corrected chi connectivity index (χ2v) is 5.06. The number of alkyl halides is 1. The number of hydrogen-bond acceptors (Lipinski definition) is 3. The molecule has 1 fully saturated rings. The van der Waals surface area contributed by atoms with Crippen molar-refractivity contribution in [2.75, 3.05) is 30.5 Å². The van der Waals surface area contributed by atoms with Crippen molar-refractivity contribution in [1.29, 1.82) is 0 Å². The molecule has 1 aliphatic heterocycles. The highest BCUT2D eigenvalue weighted by Crippen LogP contribution is 2.25. The van der Waals surface area contributed by atoms with Crippen LogP contribution in [0.4, 0.5) is 5.69 Å². The number of nitrogens with zero attached hydrogens (tertiary/aromatic N) is 1. The van der Waals surface area contributed by atoms with E-state index in [1.165, 1.54) is 0 Å². The normalized spacial score (nSPS) is 18.4. The van der Waals surface area contributed by atoms with E-state index in [1.807, 2.05) is 0 Å². The number of anilines is 1. The summed E-state index contributed by atoms with van der Waals surface area (Å²) in [5.74, 6) is 0.492. The summed E-state index contributed by atoms with van der Waals surface area (Å²) in [6, 6.07) is 6.84. The van der Waals surface area contributed by atoms with E-state index in [0.717, 1.165) is 5.69 Å². The van der Waals surface area contributed by atoms with Crippen molar-refractivity contribution >= 4 is 29.1 Å². The van der Waals surface area contributed by atoms with E-state index in [2.05, 4.69) is 5.32 Å². The highest BCUT2D eigenvalue weighted by atomic mass is 35.5.